The summed E-state index contributed by atoms with van der Waals surface area (Å²) in [6.07, 6.45) is -9.42. The van der Waals surface area contributed by atoms with E-state index < -0.39 is 36.3 Å². The zero-order valence-electron chi connectivity index (χ0n) is 14.0. The van der Waals surface area contributed by atoms with E-state index in [1.165, 1.54) is 23.1 Å². The summed E-state index contributed by atoms with van der Waals surface area (Å²) in [6.45, 7) is 0.249. The second-order valence-electron chi connectivity index (χ2n) is 7.31. The van der Waals surface area contributed by atoms with Crippen LogP contribution in [0.1, 0.15) is 32.1 Å². The lowest BCUT2D eigenvalue weighted by Crippen LogP contribution is -2.51. The third-order valence-corrected chi connectivity index (χ3v) is 5.77. The second-order valence-corrected chi connectivity index (χ2v) is 7.31. The van der Waals surface area contributed by atoms with Crippen molar-refractivity contribution in [3.05, 3.63) is 18.2 Å². The van der Waals surface area contributed by atoms with Crippen LogP contribution in [0.2, 0.25) is 0 Å². The van der Waals surface area contributed by atoms with Crippen molar-refractivity contribution in [2.75, 3.05) is 11.4 Å². The third kappa shape index (κ3) is 2.81. The number of hydrogen-bond acceptors (Lipinski definition) is 4. The summed E-state index contributed by atoms with van der Waals surface area (Å²) in [6, 6.07) is 3.94. The van der Waals surface area contributed by atoms with E-state index in [0.29, 0.717) is 12.1 Å². The van der Waals surface area contributed by atoms with Gasteiger partial charge in [0.1, 0.15) is 0 Å². The van der Waals surface area contributed by atoms with E-state index in [2.05, 4.69) is 9.47 Å². The number of amides is 1. The van der Waals surface area contributed by atoms with Gasteiger partial charge in [0.2, 0.25) is 5.91 Å². The van der Waals surface area contributed by atoms with Gasteiger partial charge in [-0.1, -0.05) is 0 Å². The highest BCUT2D eigenvalue weighted by Gasteiger charge is 2.60. The number of hydrogen-bond donors (Lipinski definition) is 1. The molecule has 0 radical (unpaired) electrons. The predicted octanol–water partition coefficient (Wildman–Crippen LogP) is 3.60. The van der Waals surface area contributed by atoms with Gasteiger partial charge in [0.25, 0.3) is 0 Å². The topological polar surface area (TPSA) is 59.0 Å². The number of fused-ring (bicyclic) bond motifs is 1. The number of aliphatic hydroxyl groups is 1. The van der Waals surface area contributed by atoms with Gasteiger partial charge >= 0.3 is 12.5 Å². The van der Waals surface area contributed by atoms with E-state index >= 15 is 0 Å². The summed E-state index contributed by atoms with van der Waals surface area (Å²) in [5.41, 5.74) is -3.43. The molecule has 1 aromatic rings. The Morgan fingerprint density at radius 3 is 2.26 bits per heavy atom. The number of ether oxygens (including phenoxy) is 2. The Morgan fingerprint density at radius 1 is 1.00 bits per heavy atom. The van der Waals surface area contributed by atoms with Crippen LogP contribution in [-0.2, 0) is 4.79 Å². The number of nitrogens with zero attached hydrogens (tertiary/aromatic N) is 1. The monoisotopic (exact) mass is 393 g/mol. The Kier molecular flexibility index (Phi) is 3.70. The molecule has 1 amide bonds. The summed E-state index contributed by atoms with van der Waals surface area (Å²) in [5, 5.41) is 9.82. The van der Waals surface area contributed by atoms with Crippen molar-refractivity contribution >= 4 is 11.6 Å². The van der Waals surface area contributed by atoms with Crippen LogP contribution < -0.4 is 14.4 Å². The van der Waals surface area contributed by atoms with Gasteiger partial charge < -0.3 is 19.5 Å². The summed E-state index contributed by atoms with van der Waals surface area (Å²) in [7, 11) is 0. The van der Waals surface area contributed by atoms with Gasteiger partial charge in [0.05, 0.1) is 5.41 Å². The summed E-state index contributed by atoms with van der Waals surface area (Å²) in [4.78, 5) is 14.3. The first-order valence-electron chi connectivity index (χ1n) is 8.46. The molecule has 4 rings (SSSR count). The number of carbonyl (C=O) groups excluding carboxylic acids is 1. The standard InChI is InChI=1S/C17H16F5NO4/c18-16(19,20)15(25)5-3-14(4-6-15)7-8-23(13(14)24)10-1-2-11-12(9-10)27-17(21,22)26-11/h1-2,9,25H,3-8H2. The Hall–Kier alpha value is -2.10. The van der Waals surface area contributed by atoms with Gasteiger partial charge in [-0.05, 0) is 44.2 Å². The van der Waals surface area contributed by atoms with Crippen LogP contribution in [0.15, 0.2) is 18.2 Å². The first-order valence-corrected chi connectivity index (χ1v) is 8.46. The normalized spacial score (nSPS) is 32.4. The van der Waals surface area contributed by atoms with E-state index in [1.807, 2.05) is 0 Å². The summed E-state index contributed by atoms with van der Waals surface area (Å²) >= 11 is 0. The smallest absolute Gasteiger partial charge is 0.395 e. The lowest BCUT2D eigenvalue weighted by molar-refractivity contribution is -0.286. The second kappa shape index (κ2) is 5.46. The number of carbonyl (C=O) groups is 1. The van der Waals surface area contributed by atoms with E-state index in [-0.39, 0.29) is 36.8 Å². The van der Waals surface area contributed by atoms with Gasteiger partial charge in [-0.3, -0.25) is 4.79 Å². The zero-order chi connectivity index (χ0) is 19.7. The number of alkyl halides is 5. The molecule has 1 saturated heterocycles. The number of benzene rings is 1. The number of anilines is 1. The van der Waals surface area contributed by atoms with Crippen molar-refractivity contribution in [1.82, 2.24) is 0 Å². The van der Waals surface area contributed by atoms with Crippen molar-refractivity contribution in [2.45, 2.75) is 50.2 Å². The molecule has 0 unspecified atom stereocenters. The van der Waals surface area contributed by atoms with E-state index in [1.54, 1.807) is 0 Å². The molecule has 10 heteroatoms. The minimum Gasteiger partial charge on any atom is -0.395 e. The lowest BCUT2D eigenvalue weighted by atomic mass is 9.67. The fraction of sp³-hybridized carbons (Fsp3) is 0.588. The highest BCUT2D eigenvalue weighted by Crippen LogP contribution is 2.53. The molecule has 5 nitrogen and oxygen atoms in total. The van der Waals surface area contributed by atoms with Crippen LogP contribution in [-0.4, -0.2) is 35.6 Å². The van der Waals surface area contributed by atoms with E-state index in [4.69, 9.17) is 0 Å². The molecule has 1 N–H and O–H groups in total. The maximum atomic E-state index is 13.1. The maximum absolute atomic E-state index is 13.1. The van der Waals surface area contributed by atoms with Crippen LogP contribution in [0.25, 0.3) is 0 Å². The molecular formula is C17H16F5NO4. The Labute approximate surface area is 150 Å². The SMILES string of the molecule is O=C1N(c2ccc3c(c2)OC(F)(F)O3)CCC12CCC(O)(C(F)(F)F)CC2. The van der Waals surface area contributed by atoms with Crippen molar-refractivity contribution in [3.63, 3.8) is 0 Å². The average molecular weight is 393 g/mol. The molecule has 2 aliphatic heterocycles. The highest BCUT2D eigenvalue weighted by molar-refractivity contribution is 6.00. The van der Waals surface area contributed by atoms with E-state index in [0.717, 1.165) is 0 Å². The van der Waals surface area contributed by atoms with Crippen LogP contribution in [0.5, 0.6) is 11.5 Å². The molecule has 0 aromatic heterocycles. The Balaban J connectivity index is 1.52. The predicted molar refractivity (Wildman–Crippen MR) is 81.5 cm³/mol. The van der Waals surface area contributed by atoms with Crippen molar-refractivity contribution in [1.29, 1.82) is 0 Å². The summed E-state index contributed by atoms with van der Waals surface area (Å²) < 4.78 is 74.0. The Bertz CT molecular complexity index is 786. The molecule has 3 aliphatic rings. The van der Waals surface area contributed by atoms with Crippen LogP contribution >= 0.6 is 0 Å². The first kappa shape index (κ1) is 18.3. The van der Waals surface area contributed by atoms with Crippen LogP contribution in [0, 0.1) is 5.41 Å². The van der Waals surface area contributed by atoms with Gasteiger partial charge in [0, 0.05) is 18.3 Å². The molecule has 0 atom stereocenters. The lowest BCUT2D eigenvalue weighted by Gasteiger charge is -2.41. The fourth-order valence-electron chi connectivity index (χ4n) is 4.06. The molecular weight excluding hydrogens is 377 g/mol. The largest absolute Gasteiger partial charge is 0.586 e. The van der Waals surface area contributed by atoms with Crippen molar-refractivity contribution < 1.29 is 41.3 Å². The molecule has 1 spiro atoms. The third-order valence-electron chi connectivity index (χ3n) is 5.77. The molecule has 0 bridgehead atoms. The molecule has 1 saturated carbocycles. The molecule has 1 aromatic carbocycles. The quantitative estimate of drug-likeness (QED) is 0.741. The zero-order valence-corrected chi connectivity index (χ0v) is 14.0. The number of halogens is 5. The minimum absolute atomic E-state index is 0.0824. The molecule has 2 heterocycles. The van der Waals surface area contributed by atoms with Crippen molar-refractivity contribution in [2.24, 2.45) is 5.41 Å². The fourth-order valence-corrected chi connectivity index (χ4v) is 4.06. The van der Waals surface area contributed by atoms with Crippen molar-refractivity contribution in [3.8, 4) is 11.5 Å². The molecule has 1 aliphatic carbocycles. The minimum atomic E-state index is -4.74. The molecule has 27 heavy (non-hydrogen) atoms. The van der Waals surface area contributed by atoms with Gasteiger partial charge in [-0.2, -0.15) is 13.2 Å². The van der Waals surface area contributed by atoms with Gasteiger partial charge in [-0.25, -0.2) is 0 Å². The number of rotatable bonds is 1. The molecule has 148 valence electrons. The van der Waals surface area contributed by atoms with Crippen LogP contribution in [0.3, 0.4) is 0 Å². The Morgan fingerprint density at radius 2 is 1.63 bits per heavy atom. The highest BCUT2D eigenvalue weighted by atomic mass is 19.4. The van der Waals surface area contributed by atoms with E-state index in [9.17, 15) is 31.9 Å². The van der Waals surface area contributed by atoms with Gasteiger partial charge in [-0.15, -0.1) is 8.78 Å². The van der Waals surface area contributed by atoms with Gasteiger partial charge in [0.15, 0.2) is 17.1 Å². The first-order chi connectivity index (χ1) is 12.4. The summed E-state index contributed by atoms with van der Waals surface area (Å²) in [5.74, 6) is -0.725. The maximum Gasteiger partial charge on any atom is 0.586 e. The average Bonchev–Trinajstić information content (AvgIpc) is 3.05. The molecule has 2 fully saturated rings. The van der Waals surface area contributed by atoms with Crippen LogP contribution in [0.4, 0.5) is 27.6 Å².